The molecule has 1 unspecified atom stereocenters. The third kappa shape index (κ3) is 2.40. The summed E-state index contributed by atoms with van der Waals surface area (Å²) in [5.41, 5.74) is 1.43. The van der Waals surface area contributed by atoms with Crippen molar-refractivity contribution < 1.29 is 19.3 Å². The van der Waals surface area contributed by atoms with Gasteiger partial charge in [0.15, 0.2) is 11.5 Å². The SMILES string of the molecule is COc1ccc(C(O)c2ccc3c(c2)OCCO3)cn1. The molecule has 0 spiro atoms. The Kier molecular flexibility index (Phi) is 3.43. The summed E-state index contributed by atoms with van der Waals surface area (Å²) in [7, 11) is 1.55. The molecular formula is C15H15NO4. The summed E-state index contributed by atoms with van der Waals surface area (Å²) >= 11 is 0. The first-order valence-corrected chi connectivity index (χ1v) is 6.35. The van der Waals surface area contributed by atoms with Gasteiger partial charge >= 0.3 is 0 Å². The summed E-state index contributed by atoms with van der Waals surface area (Å²) in [4.78, 5) is 4.09. The van der Waals surface area contributed by atoms with Crippen molar-refractivity contribution in [3.63, 3.8) is 0 Å². The molecule has 1 atom stereocenters. The molecule has 104 valence electrons. The maximum Gasteiger partial charge on any atom is 0.212 e. The molecule has 1 aliphatic heterocycles. The van der Waals surface area contributed by atoms with Crippen LogP contribution in [0.5, 0.6) is 17.4 Å². The normalized spacial score (nSPS) is 14.7. The van der Waals surface area contributed by atoms with Gasteiger partial charge in [-0.1, -0.05) is 6.07 Å². The molecule has 1 aromatic carbocycles. The number of hydrogen-bond acceptors (Lipinski definition) is 5. The number of aliphatic hydroxyl groups excluding tert-OH is 1. The highest BCUT2D eigenvalue weighted by atomic mass is 16.6. The highest BCUT2D eigenvalue weighted by Gasteiger charge is 2.16. The van der Waals surface area contributed by atoms with E-state index >= 15 is 0 Å². The van der Waals surface area contributed by atoms with Crippen LogP contribution in [0, 0.1) is 0 Å². The molecule has 5 nitrogen and oxygen atoms in total. The molecule has 0 fully saturated rings. The smallest absolute Gasteiger partial charge is 0.212 e. The molecule has 2 aromatic rings. The minimum Gasteiger partial charge on any atom is -0.486 e. The number of ether oxygens (including phenoxy) is 3. The van der Waals surface area contributed by atoms with Crippen LogP contribution >= 0.6 is 0 Å². The number of rotatable bonds is 3. The van der Waals surface area contributed by atoms with Gasteiger partial charge in [0, 0.05) is 17.8 Å². The molecule has 0 saturated carbocycles. The van der Waals surface area contributed by atoms with E-state index in [-0.39, 0.29) is 0 Å². The maximum atomic E-state index is 10.4. The first kappa shape index (κ1) is 12.7. The second-order valence-corrected chi connectivity index (χ2v) is 4.44. The summed E-state index contributed by atoms with van der Waals surface area (Å²) in [6.07, 6.45) is 0.838. The third-order valence-corrected chi connectivity index (χ3v) is 3.17. The van der Waals surface area contributed by atoms with E-state index in [1.54, 1.807) is 31.5 Å². The number of aliphatic hydroxyl groups is 1. The van der Waals surface area contributed by atoms with Gasteiger partial charge in [-0.3, -0.25) is 0 Å². The Balaban J connectivity index is 1.87. The van der Waals surface area contributed by atoms with Gasteiger partial charge in [-0.25, -0.2) is 4.98 Å². The largest absolute Gasteiger partial charge is 0.486 e. The Morgan fingerprint density at radius 1 is 1.10 bits per heavy atom. The average molecular weight is 273 g/mol. The van der Waals surface area contributed by atoms with Crippen molar-refractivity contribution in [2.45, 2.75) is 6.10 Å². The van der Waals surface area contributed by atoms with Crippen molar-refractivity contribution in [3.05, 3.63) is 47.7 Å². The van der Waals surface area contributed by atoms with E-state index in [2.05, 4.69) is 4.98 Å². The van der Waals surface area contributed by atoms with E-state index in [0.29, 0.717) is 36.2 Å². The standard InChI is InChI=1S/C15H15NO4/c1-18-14-5-3-11(9-16-14)15(17)10-2-4-12-13(8-10)20-7-6-19-12/h2-5,8-9,15,17H,6-7H2,1H3. The Bertz CT molecular complexity index is 597. The fourth-order valence-corrected chi connectivity index (χ4v) is 2.10. The van der Waals surface area contributed by atoms with Crippen LogP contribution in [0.2, 0.25) is 0 Å². The van der Waals surface area contributed by atoms with Gasteiger partial charge in [-0.2, -0.15) is 0 Å². The van der Waals surface area contributed by atoms with Crippen LogP contribution in [0.25, 0.3) is 0 Å². The van der Waals surface area contributed by atoms with Gasteiger partial charge < -0.3 is 19.3 Å². The number of fused-ring (bicyclic) bond motifs is 1. The lowest BCUT2D eigenvalue weighted by molar-refractivity contribution is 0.169. The second-order valence-electron chi connectivity index (χ2n) is 4.44. The highest BCUT2D eigenvalue weighted by molar-refractivity contribution is 5.46. The Morgan fingerprint density at radius 3 is 2.55 bits per heavy atom. The van der Waals surface area contributed by atoms with Gasteiger partial charge in [0.1, 0.15) is 19.3 Å². The summed E-state index contributed by atoms with van der Waals surface area (Å²) in [5.74, 6) is 1.89. The highest BCUT2D eigenvalue weighted by Crippen LogP contribution is 2.34. The van der Waals surface area contributed by atoms with Gasteiger partial charge in [0.2, 0.25) is 5.88 Å². The van der Waals surface area contributed by atoms with E-state index in [4.69, 9.17) is 14.2 Å². The molecule has 3 rings (SSSR count). The molecule has 0 bridgehead atoms. The zero-order valence-corrected chi connectivity index (χ0v) is 11.1. The van der Waals surface area contributed by atoms with Crippen LogP contribution < -0.4 is 14.2 Å². The zero-order chi connectivity index (χ0) is 13.9. The Morgan fingerprint density at radius 2 is 1.85 bits per heavy atom. The predicted molar refractivity (Wildman–Crippen MR) is 72.3 cm³/mol. The number of hydrogen-bond donors (Lipinski definition) is 1. The number of nitrogens with zero attached hydrogens (tertiary/aromatic N) is 1. The van der Waals surface area contributed by atoms with Gasteiger partial charge in [-0.05, 0) is 23.8 Å². The molecule has 0 saturated heterocycles. The summed E-state index contributed by atoms with van der Waals surface area (Å²) < 4.78 is 16.0. The van der Waals surface area contributed by atoms with Crippen LogP contribution in [0.4, 0.5) is 0 Å². The minimum atomic E-state index is -0.760. The lowest BCUT2D eigenvalue weighted by atomic mass is 10.0. The molecule has 0 aliphatic carbocycles. The number of aromatic nitrogens is 1. The van der Waals surface area contributed by atoms with Crippen LogP contribution in [-0.4, -0.2) is 30.4 Å². The fourth-order valence-electron chi connectivity index (χ4n) is 2.10. The minimum absolute atomic E-state index is 0.517. The van der Waals surface area contributed by atoms with Crippen molar-refractivity contribution in [1.29, 1.82) is 0 Å². The molecular weight excluding hydrogens is 258 g/mol. The lowest BCUT2D eigenvalue weighted by Crippen LogP contribution is -2.15. The average Bonchev–Trinajstić information content (AvgIpc) is 2.54. The third-order valence-electron chi connectivity index (χ3n) is 3.17. The van der Waals surface area contributed by atoms with Crippen LogP contribution in [-0.2, 0) is 0 Å². The molecule has 0 radical (unpaired) electrons. The van der Waals surface area contributed by atoms with E-state index in [1.807, 2.05) is 12.1 Å². The Labute approximate surface area is 116 Å². The molecule has 1 aromatic heterocycles. The van der Waals surface area contributed by atoms with Crippen molar-refractivity contribution in [2.75, 3.05) is 20.3 Å². The van der Waals surface area contributed by atoms with E-state index < -0.39 is 6.10 Å². The van der Waals surface area contributed by atoms with Crippen molar-refractivity contribution in [3.8, 4) is 17.4 Å². The van der Waals surface area contributed by atoms with E-state index in [9.17, 15) is 5.11 Å². The molecule has 2 heterocycles. The summed E-state index contributed by atoms with van der Waals surface area (Å²) in [5, 5.41) is 10.4. The molecule has 1 aliphatic rings. The van der Waals surface area contributed by atoms with Crippen LogP contribution in [0.15, 0.2) is 36.5 Å². The molecule has 0 amide bonds. The van der Waals surface area contributed by atoms with Crippen LogP contribution in [0.1, 0.15) is 17.2 Å². The first-order chi connectivity index (χ1) is 9.78. The lowest BCUT2D eigenvalue weighted by Gasteiger charge is -2.20. The quantitative estimate of drug-likeness (QED) is 0.926. The zero-order valence-electron chi connectivity index (χ0n) is 11.1. The first-order valence-electron chi connectivity index (χ1n) is 6.35. The fraction of sp³-hybridized carbons (Fsp3) is 0.267. The maximum absolute atomic E-state index is 10.4. The van der Waals surface area contributed by atoms with E-state index in [0.717, 1.165) is 5.56 Å². The number of methoxy groups -OCH3 is 1. The summed E-state index contributed by atoms with van der Waals surface area (Å²) in [6.45, 7) is 1.08. The van der Waals surface area contributed by atoms with Crippen molar-refractivity contribution in [1.82, 2.24) is 4.98 Å². The number of pyridine rings is 1. The van der Waals surface area contributed by atoms with Gasteiger partial charge in [0.25, 0.3) is 0 Å². The molecule has 1 N–H and O–H groups in total. The summed E-state index contributed by atoms with van der Waals surface area (Å²) in [6, 6.07) is 8.93. The van der Waals surface area contributed by atoms with Crippen LogP contribution in [0.3, 0.4) is 0 Å². The number of benzene rings is 1. The van der Waals surface area contributed by atoms with Crippen molar-refractivity contribution in [2.24, 2.45) is 0 Å². The predicted octanol–water partition coefficient (Wildman–Crippen LogP) is 1.94. The topological polar surface area (TPSA) is 60.8 Å². The van der Waals surface area contributed by atoms with Crippen molar-refractivity contribution >= 4 is 0 Å². The van der Waals surface area contributed by atoms with Gasteiger partial charge in [0.05, 0.1) is 7.11 Å². The van der Waals surface area contributed by atoms with E-state index in [1.165, 1.54) is 0 Å². The second kappa shape index (κ2) is 5.38. The monoisotopic (exact) mass is 273 g/mol. The molecule has 20 heavy (non-hydrogen) atoms. The van der Waals surface area contributed by atoms with Gasteiger partial charge in [-0.15, -0.1) is 0 Å². The Hall–Kier alpha value is -2.27. The molecule has 5 heteroatoms.